The van der Waals surface area contributed by atoms with Crippen LogP contribution in [0.1, 0.15) is 63.8 Å². The first kappa shape index (κ1) is 17.4. The topological polar surface area (TPSA) is 46.2 Å². The number of phenols is 1. The minimum absolute atomic E-state index is 0.0398. The normalized spacial score (nSPS) is 12.4. The second-order valence-electron chi connectivity index (χ2n) is 8.45. The molecule has 0 saturated carbocycles. The lowest BCUT2D eigenvalue weighted by Crippen LogP contribution is -2.17. The highest BCUT2D eigenvalue weighted by Crippen LogP contribution is 2.38. The van der Waals surface area contributed by atoms with E-state index in [1.807, 2.05) is 18.2 Å². The van der Waals surface area contributed by atoms with Crippen LogP contribution < -0.4 is 5.73 Å². The Morgan fingerprint density at radius 2 is 1.57 bits per heavy atom. The molecule has 2 rings (SSSR count). The molecular weight excluding hydrogens is 282 g/mol. The van der Waals surface area contributed by atoms with Crippen molar-refractivity contribution in [3.63, 3.8) is 0 Å². The van der Waals surface area contributed by atoms with Crippen LogP contribution in [0.15, 0.2) is 36.4 Å². The molecule has 3 N–H and O–H groups in total. The monoisotopic (exact) mass is 311 g/mol. The number of anilines is 1. The first-order chi connectivity index (χ1) is 10.5. The molecule has 0 unspecified atom stereocenters. The zero-order chi connectivity index (χ0) is 17.4. The molecule has 0 amide bonds. The van der Waals surface area contributed by atoms with Crippen molar-refractivity contribution in [3.8, 4) is 5.75 Å². The largest absolute Gasteiger partial charge is 0.507 e. The predicted molar refractivity (Wildman–Crippen MR) is 99.2 cm³/mol. The van der Waals surface area contributed by atoms with Crippen molar-refractivity contribution < 1.29 is 5.11 Å². The van der Waals surface area contributed by atoms with Gasteiger partial charge in [-0.3, -0.25) is 0 Å². The number of hydrogen-bond acceptors (Lipinski definition) is 2. The average Bonchev–Trinajstić information content (AvgIpc) is 2.38. The van der Waals surface area contributed by atoms with Crippen LogP contribution in [0.5, 0.6) is 5.75 Å². The molecule has 23 heavy (non-hydrogen) atoms. The van der Waals surface area contributed by atoms with Gasteiger partial charge in [-0.2, -0.15) is 0 Å². The van der Waals surface area contributed by atoms with Crippen molar-refractivity contribution in [2.45, 2.75) is 58.8 Å². The first-order valence-corrected chi connectivity index (χ1v) is 8.20. The molecular formula is C21H29NO. The van der Waals surface area contributed by atoms with Gasteiger partial charge in [-0.25, -0.2) is 0 Å². The van der Waals surface area contributed by atoms with Crippen molar-refractivity contribution in [2.75, 3.05) is 5.73 Å². The van der Waals surface area contributed by atoms with Crippen LogP contribution >= 0.6 is 0 Å². The van der Waals surface area contributed by atoms with Crippen LogP contribution in [0.2, 0.25) is 0 Å². The van der Waals surface area contributed by atoms with E-state index in [4.69, 9.17) is 5.73 Å². The molecule has 0 aliphatic carbocycles. The van der Waals surface area contributed by atoms with E-state index in [0.29, 0.717) is 12.2 Å². The summed E-state index contributed by atoms with van der Waals surface area (Å²) in [6, 6.07) is 12.2. The maximum atomic E-state index is 10.8. The first-order valence-electron chi connectivity index (χ1n) is 8.20. The Bertz CT molecular complexity index is 703. The summed E-state index contributed by atoms with van der Waals surface area (Å²) in [4.78, 5) is 0. The van der Waals surface area contributed by atoms with Gasteiger partial charge >= 0.3 is 0 Å². The smallest absolute Gasteiger partial charge is 0.122 e. The Kier molecular flexibility index (Phi) is 4.48. The second-order valence-corrected chi connectivity index (χ2v) is 8.45. The van der Waals surface area contributed by atoms with Gasteiger partial charge in [0.05, 0.1) is 0 Å². The van der Waals surface area contributed by atoms with Gasteiger partial charge in [0.15, 0.2) is 0 Å². The van der Waals surface area contributed by atoms with E-state index in [1.165, 1.54) is 5.56 Å². The summed E-state index contributed by atoms with van der Waals surface area (Å²) in [7, 11) is 0. The van der Waals surface area contributed by atoms with Crippen LogP contribution in [0.3, 0.4) is 0 Å². The van der Waals surface area contributed by atoms with Crippen molar-refractivity contribution >= 4 is 5.69 Å². The van der Waals surface area contributed by atoms with Gasteiger partial charge in [0.25, 0.3) is 0 Å². The molecule has 2 heteroatoms. The summed E-state index contributed by atoms with van der Waals surface area (Å²) in [5.41, 5.74) is 10.9. The average molecular weight is 311 g/mol. The Morgan fingerprint density at radius 3 is 2.09 bits per heavy atom. The Hall–Kier alpha value is -1.96. The van der Waals surface area contributed by atoms with Gasteiger partial charge in [-0.05, 0) is 45.2 Å². The van der Waals surface area contributed by atoms with E-state index in [-0.39, 0.29) is 10.8 Å². The highest BCUT2D eigenvalue weighted by Gasteiger charge is 2.24. The molecule has 2 aromatic rings. The number of phenolic OH excluding ortho intramolecular Hbond substituents is 1. The highest BCUT2D eigenvalue weighted by atomic mass is 16.3. The summed E-state index contributed by atoms with van der Waals surface area (Å²) < 4.78 is 0. The molecule has 0 aromatic heterocycles. The third-order valence-corrected chi connectivity index (χ3v) is 4.21. The zero-order valence-electron chi connectivity index (χ0n) is 15.2. The highest BCUT2D eigenvalue weighted by molar-refractivity contribution is 5.51. The number of hydrogen-bond donors (Lipinski definition) is 2. The number of aromatic hydroxyl groups is 1. The molecule has 2 aromatic carbocycles. The Morgan fingerprint density at radius 1 is 0.913 bits per heavy atom. The maximum absolute atomic E-state index is 10.8. The lowest BCUT2D eigenvalue weighted by Gasteiger charge is -2.27. The van der Waals surface area contributed by atoms with Gasteiger partial charge in [0.2, 0.25) is 0 Å². The molecule has 0 saturated heterocycles. The number of nitrogens with two attached hydrogens (primary N) is 1. The zero-order valence-corrected chi connectivity index (χ0v) is 15.2. The standard InChI is InChI=1S/C21H29NO/c1-20(2,3)16-12-15(10-14-8-7-9-17(22)11-14)19(23)18(13-16)21(4,5)6/h7-9,11-13,23H,10,22H2,1-6H3. The van der Waals surface area contributed by atoms with Crippen molar-refractivity contribution in [1.29, 1.82) is 0 Å². The van der Waals surface area contributed by atoms with Crippen LogP contribution in [0.4, 0.5) is 5.69 Å². The molecule has 0 spiro atoms. The van der Waals surface area contributed by atoms with Gasteiger partial charge in [0, 0.05) is 12.1 Å². The van der Waals surface area contributed by atoms with Crippen molar-refractivity contribution in [1.82, 2.24) is 0 Å². The van der Waals surface area contributed by atoms with E-state index in [1.54, 1.807) is 0 Å². The molecule has 0 bridgehead atoms. The third kappa shape index (κ3) is 4.07. The van der Waals surface area contributed by atoms with E-state index in [2.05, 4.69) is 59.7 Å². The Labute approximate surface area is 140 Å². The molecule has 2 nitrogen and oxygen atoms in total. The Balaban J connectivity index is 2.58. The SMILES string of the molecule is CC(C)(C)c1cc(Cc2cccc(N)c2)c(O)c(C(C)(C)C)c1. The summed E-state index contributed by atoms with van der Waals surface area (Å²) in [5, 5.41) is 10.8. The second kappa shape index (κ2) is 5.92. The van der Waals surface area contributed by atoms with Crippen LogP contribution in [-0.2, 0) is 17.3 Å². The van der Waals surface area contributed by atoms with Gasteiger partial charge < -0.3 is 10.8 Å². The predicted octanol–water partition coefficient (Wildman–Crippen LogP) is 5.16. The van der Waals surface area contributed by atoms with Crippen LogP contribution in [0, 0.1) is 0 Å². The summed E-state index contributed by atoms with van der Waals surface area (Å²) in [5.74, 6) is 0.410. The summed E-state index contributed by atoms with van der Waals surface area (Å²) in [6.45, 7) is 13.0. The minimum Gasteiger partial charge on any atom is -0.507 e. The van der Waals surface area contributed by atoms with E-state index < -0.39 is 0 Å². The van der Waals surface area contributed by atoms with Crippen LogP contribution in [0.25, 0.3) is 0 Å². The number of nitrogen functional groups attached to an aromatic ring is 1. The molecule has 0 radical (unpaired) electrons. The lowest BCUT2D eigenvalue weighted by molar-refractivity contribution is 0.439. The molecule has 0 fully saturated rings. The van der Waals surface area contributed by atoms with E-state index in [9.17, 15) is 5.11 Å². The lowest BCUT2D eigenvalue weighted by atomic mass is 9.78. The fourth-order valence-corrected chi connectivity index (χ4v) is 2.76. The van der Waals surface area contributed by atoms with Gasteiger partial charge in [-0.15, -0.1) is 0 Å². The number of rotatable bonds is 2. The third-order valence-electron chi connectivity index (χ3n) is 4.21. The summed E-state index contributed by atoms with van der Waals surface area (Å²) >= 11 is 0. The molecule has 0 aliphatic heterocycles. The van der Waals surface area contributed by atoms with E-state index >= 15 is 0 Å². The number of benzene rings is 2. The minimum atomic E-state index is -0.101. The summed E-state index contributed by atoms with van der Waals surface area (Å²) in [6.07, 6.45) is 0.684. The fraction of sp³-hybridized carbons (Fsp3) is 0.429. The molecule has 0 heterocycles. The van der Waals surface area contributed by atoms with E-state index in [0.717, 1.165) is 22.4 Å². The van der Waals surface area contributed by atoms with Crippen LogP contribution in [-0.4, -0.2) is 5.11 Å². The molecule has 0 aliphatic rings. The van der Waals surface area contributed by atoms with Gasteiger partial charge in [0.1, 0.15) is 5.75 Å². The molecule has 0 atom stereocenters. The van der Waals surface area contributed by atoms with Crippen molar-refractivity contribution in [2.24, 2.45) is 0 Å². The maximum Gasteiger partial charge on any atom is 0.122 e. The quantitative estimate of drug-likeness (QED) is 0.752. The van der Waals surface area contributed by atoms with Crippen molar-refractivity contribution in [3.05, 3.63) is 58.7 Å². The fourth-order valence-electron chi connectivity index (χ4n) is 2.76. The van der Waals surface area contributed by atoms with Gasteiger partial charge in [-0.1, -0.05) is 65.8 Å². The molecule has 124 valence electrons.